The number of amides is 2. The van der Waals surface area contributed by atoms with Crippen molar-refractivity contribution in [2.45, 2.75) is 37.6 Å². The molecule has 0 spiro atoms. The number of nitrogens with zero attached hydrogens (tertiary/aromatic N) is 3. The second-order valence-corrected chi connectivity index (χ2v) is 10.8. The maximum atomic E-state index is 13.0. The minimum Gasteiger partial charge on any atom is -0.369 e. The highest BCUT2D eigenvalue weighted by atomic mass is 16.6. The Bertz CT molecular complexity index is 1600. The highest BCUT2D eigenvalue weighted by Crippen LogP contribution is 2.49. The molecule has 1 saturated heterocycles. The number of non-ortho nitro benzene ring substituents is 1. The molecule has 1 aliphatic heterocycles. The summed E-state index contributed by atoms with van der Waals surface area (Å²) in [4.78, 5) is 46.0. The van der Waals surface area contributed by atoms with Gasteiger partial charge in [-0.1, -0.05) is 18.2 Å². The lowest BCUT2D eigenvalue weighted by molar-refractivity contribution is -0.384. The van der Waals surface area contributed by atoms with Crippen molar-refractivity contribution in [3.8, 4) is 0 Å². The molecular weight excluding hydrogens is 496 g/mol. The third-order valence-corrected chi connectivity index (χ3v) is 8.24. The number of hydrogen-bond donors (Lipinski definition) is 3. The third-order valence-electron chi connectivity index (χ3n) is 8.24. The van der Waals surface area contributed by atoms with Gasteiger partial charge in [0.05, 0.1) is 21.5 Å². The molecule has 4 aromatic rings. The summed E-state index contributed by atoms with van der Waals surface area (Å²) in [6.45, 7) is 3.05. The smallest absolute Gasteiger partial charge is 0.269 e. The second-order valence-electron chi connectivity index (χ2n) is 10.8. The quantitative estimate of drug-likeness (QED) is 0.235. The largest absolute Gasteiger partial charge is 0.369 e. The average molecular weight is 527 g/mol. The Balaban J connectivity index is 1.08. The minimum absolute atomic E-state index is 0.116. The standard InChI is InChI=1S/C29H30N6O4/c30-28(37)29(9-10-29)26-25-23(6-11-31-26)22-5-4-20(15-24(22)33-25)27(36)32-16-18-7-12-34(13-8-18)17-19-2-1-3-21(14-19)35(38)39/h1-6,11,14-15,18,33H,7-10,12-13,16-17H2,(H2,30,37)(H,32,36). The number of piperidine rings is 1. The van der Waals surface area contributed by atoms with Gasteiger partial charge in [0.15, 0.2) is 0 Å². The molecular formula is C29H30N6O4. The van der Waals surface area contributed by atoms with Gasteiger partial charge in [-0.05, 0) is 68.5 Å². The minimum atomic E-state index is -0.699. The number of likely N-dealkylation sites (tertiary alicyclic amines) is 1. The van der Waals surface area contributed by atoms with Gasteiger partial charge in [0.1, 0.15) is 0 Å². The van der Waals surface area contributed by atoms with E-state index in [4.69, 9.17) is 5.73 Å². The van der Waals surface area contributed by atoms with Crippen LogP contribution in [0.3, 0.4) is 0 Å². The number of carbonyl (C=O) groups is 2. The molecule has 2 fully saturated rings. The third kappa shape index (κ3) is 4.72. The highest BCUT2D eigenvalue weighted by molar-refractivity contribution is 6.11. The summed E-state index contributed by atoms with van der Waals surface area (Å²) in [5.41, 5.74) is 8.93. The number of rotatable bonds is 8. The Morgan fingerprint density at radius 1 is 1.13 bits per heavy atom. The number of hydrogen-bond acceptors (Lipinski definition) is 6. The first kappa shape index (κ1) is 25.0. The van der Waals surface area contributed by atoms with Gasteiger partial charge < -0.3 is 16.0 Å². The van der Waals surface area contributed by atoms with E-state index < -0.39 is 5.41 Å². The van der Waals surface area contributed by atoms with Gasteiger partial charge in [-0.25, -0.2) is 0 Å². The van der Waals surface area contributed by atoms with Crippen LogP contribution in [0.15, 0.2) is 54.7 Å². The van der Waals surface area contributed by atoms with E-state index in [-0.39, 0.29) is 22.4 Å². The zero-order chi connectivity index (χ0) is 27.1. The van der Waals surface area contributed by atoms with Gasteiger partial charge in [-0.3, -0.25) is 29.6 Å². The molecule has 2 aromatic heterocycles. The van der Waals surface area contributed by atoms with Gasteiger partial charge in [0, 0.05) is 53.3 Å². The summed E-state index contributed by atoms with van der Waals surface area (Å²) in [5, 5.41) is 16.1. The SMILES string of the molecule is NC(=O)C1(c2nccc3c2[nH]c2cc(C(=O)NCC4CCN(Cc5cccc([N+](=O)[O-])c5)CC4)ccc23)CC1. The molecule has 2 aromatic carbocycles. The lowest BCUT2D eigenvalue weighted by atomic mass is 9.96. The Kier molecular flexibility index (Phi) is 6.26. The molecule has 4 N–H and O–H groups in total. The summed E-state index contributed by atoms with van der Waals surface area (Å²) in [5.74, 6) is -0.0934. The molecule has 0 unspecified atom stereocenters. The Morgan fingerprint density at radius 3 is 2.64 bits per heavy atom. The summed E-state index contributed by atoms with van der Waals surface area (Å²) < 4.78 is 0. The number of nitro groups is 1. The van der Waals surface area contributed by atoms with Gasteiger partial charge >= 0.3 is 0 Å². The van der Waals surface area contributed by atoms with Crippen molar-refractivity contribution in [1.82, 2.24) is 20.2 Å². The van der Waals surface area contributed by atoms with E-state index in [9.17, 15) is 19.7 Å². The number of pyridine rings is 1. The van der Waals surface area contributed by atoms with Crippen LogP contribution in [0.2, 0.25) is 0 Å². The Labute approximate surface area is 224 Å². The molecule has 1 saturated carbocycles. The Morgan fingerprint density at radius 2 is 1.92 bits per heavy atom. The zero-order valence-corrected chi connectivity index (χ0v) is 21.5. The molecule has 10 heteroatoms. The zero-order valence-electron chi connectivity index (χ0n) is 21.5. The maximum absolute atomic E-state index is 13.0. The first-order valence-corrected chi connectivity index (χ1v) is 13.3. The number of carbonyl (C=O) groups excluding carboxylic acids is 2. The predicted octanol–water partition coefficient (Wildman–Crippen LogP) is 3.78. The highest BCUT2D eigenvalue weighted by Gasteiger charge is 2.52. The lowest BCUT2D eigenvalue weighted by Crippen LogP contribution is -2.38. The number of fused-ring (bicyclic) bond motifs is 3. The van der Waals surface area contributed by atoms with Crippen molar-refractivity contribution >= 4 is 39.3 Å². The number of nitro benzene ring substituents is 1. The molecule has 0 radical (unpaired) electrons. The molecule has 0 bridgehead atoms. The van der Waals surface area contributed by atoms with Gasteiger partial charge in [-0.2, -0.15) is 0 Å². The summed E-state index contributed by atoms with van der Waals surface area (Å²) in [7, 11) is 0. The normalized spacial score (nSPS) is 17.3. The number of benzene rings is 2. The van der Waals surface area contributed by atoms with Crippen molar-refractivity contribution in [3.63, 3.8) is 0 Å². The van der Waals surface area contributed by atoms with E-state index >= 15 is 0 Å². The first-order chi connectivity index (χ1) is 18.8. The van der Waals surface area contributed by atoms with E-state index in [2.05, 4.69) is 20.2 Å². The first-order valence-electron chi connectivity index (χ1n) is 13.3. The second kappa shape index (κ2) is 9.77. The lowest BCUT2D eigenvalue weighted by Gasteiger charge is -2.32. The van der Waals surface area contributed by atoms with E-state index in [0.717, 1.165) is 53.3 Å². The summed E-state index contributed by atoms with van der Waals surface area (Å²) >= 11 is 0. The molecule has 2 aliphatic rings. The molecule has 3 heterocycles. The van der Waals surface area contributed by atoms with Crippen LogP contribution >= 0.6 is 0 Å². The van der Waals surface area contributed by atoms with Gasteiger partial charge in [0.25, 0.3) is 11.6 Å². The fourth-order valence-electron chi connectivity index (χ4n) is 5.77. The van der Waals surface area contributed by atoms with E-state index in [1.54, 1.807) is 18.3 Å². The average Bonchev–Trinajstić information content (AvgIpc) is 3.67. The molecule has 10 nitrogen and oxygen atoms in total. The van der Waals surface area contributed by atoms with Crippen molar-refractivity contribution in [2.24, 2.45) is 11.7 Å². The van der Waals surface area contributed by atoms with Crippen molar-refractivity contribution in [2.75, 3.05) is 19.6 Å². The van der Waals surface area contributed by atoms with Gasteiger partial charge in [0.2, 0.25) is 5.91 Å². The van der Waals surface area contributed by atoms with E-state index in [1.807, 2.05) is 30.3 Å². The molecule has 2 amide bonds. The number of aromatic amines is 1. The predicted molar refractivity (Wildman–Crippen MR) is 147 cm³/mol. The fourth-order valence-corrected chi connectivity index (χ4v) is 5.77. The number of H-pyrrole nitrogens is 1. The van der Waals surface area contributed by atoms with E-state index in [0.29, 0.717) is 43.1 Å². The Hall–Kier alpha value is -4.31. The molecule has 0 atom stereocenters. The molecule has 6 rings (SSSR count). The van der Waals surface area contributed by atoms with Crippen LogP contribution in [0.1, 0.15) is 47.3 Å². The molecule has 200 valence electrons. The number of nitrogens with one attached hydrogen (secondary N) is 2. The van der Waals surface area contributed by atoms with Crippen LogP contribution in [0, 0.1) is 16.0 Å². The number of nitrogens with two attached hydrogens (primary N) is 1. The maximum Gasteiger partial charge on any atom is 0.269 e. The van der Waals surface area contributed by atoms with Crippen LogP contribution in [-0.2, 0) is 16.8 Å². The van der Waals surface area contributed by atoms with E-state index in [1.165, 1.54) is 6.07 Å². The molecule has 1 aliphatic carbocycles. The topological polar surface area (TPSA) is 147 Å². The molecule has 39 heavy (non-hydrogen) atoms. The van der Waals surface area contributed by atoms with Crippen LogP contribution in [0.5, 0.6) is 0 Å². The number of primary amides is 1. The van der Waals surface area contributed by atoms with Crippen molar-refractivity contribution in [3.05, 3.63) is 81.7 Å². The monoisotopic (exact) mass is 526 g/mol. The summed E-state index contributed by atoms with van der Waals surface area (Å²) in [6, 6.07) is 14.3. The van der Waals surface area contributed by atoms with Crippen molar-refractivity contribution < 1.29 is 14.5 Å². The van der Waals surface area contributed by atoms with Crippen LogP contribution < -0.4 is 11.1 Å². The van der Waals surface area contributed by atoms with Crippen LogP contribution in [0.4, 0.5) is 5.69 Å². The van der Waals surface area contributed by atoms with Crippen molar-refractivity contribution in [1.29, 1.82) is 0 Å². The van der Waals surface area contributed by atoms with Crippen LogP contribution in [0.25, 0.3) is 21.8 Å². The van der Waals surface area contributed by atoms with Crippen LogP contribution in [-0.4, -0.2) is 51.2 Å². The van der Waals surface area contributed by atoms with Gasteiger partial charge in [-0.15, -0.1) is 0 Å². The summed E-state index contributed by atoms with van der Waals surface area (Å²) in [6.07, 6.45) is 5.02. The fraction of sp³-hybridized carbons (Fsp3) is 0.345. The number of aromatic nitrogens is 2.